The lowest BCUT2D eigenvalue weighted by atomic mass is 9.74. The zero-order chi connectivity index (χ0) is 33.5. The largest absolute Gasteiger partial charge is 0.333 e. The average Bonchev–Trinajstić information content (AvgIpc) is 3.34. The van der Waals surface area contributed by atoms with Crippen LogP contribution in [0.4, 0.5) is 5.69 Å². The van der Waals surface area contributed by atoms with Gasteiger partial charge < -0.3 is 4.84 Å². The summed E-state index contributed by atoms with van der Waals surface area (Å²) in [5, 5.41) is 0.592. The molecule has 1 unspecified atom stereocenters. The summed E-state index contributed by atoms with van der Waals surface area (Å²) in [5.41, 5.74) is 0.785. The Bertz CT molecular complexity index is 1940. The maximum absolute atomic E-state index is 12.3. The highest BCUT2D eigenvalue weighted by Crippen LogP contribution is 2.48. The second-order valence-corrected chi connectivity index (χ2v) is 15.6. The fourth-order valence-electron chi connectivity index (χ4n) is 5.92. The van der Waals surface area contributed by atoms with Gasteiger partial charge in [-0.05, 0) is 43.4 Å². The molecular weight excluding hydrogens is 656 g/mol. The Hall–Kier alpha value is -3.29. The summed E-state index contributed by atoms with van der Waals surface area (Å²) in [4.78, 5) is 39.0. The first kappa shape index (κ1) is 34.6. The molecule has 2 aromatic rings. The normalized spacial score (nSPS) is 19.1. The van der Waals surface area contributed by atoms with Crippen molar-refractivity contribution in [1.29, 1.82) is 0 Å². The van der Waals surface area contributed by atoms with Crippen molar-refractivity contribution in [2.75, 3.05) is 12.3 Å². The minimum atomic E-state index is -4.95. The molecule has 0 radical (unpaired) electrons. The number of hydrogen-bond acceptors (Lipinski definition) is 10. The van der Waals surface area contributed by atoms with Crippen LogP contribution in [0.3, 0.4) is 0 Å². The summed E-state index contributed by atoms with van der Waals surface area (Å²) in [7, 11) is -14.1. The number of fused-ring (bicyclic) bond motifs is 3. The second-order valence-electron chi connectivity index (χ2n) is 11.2. The molecule has 0 bridgehead atoms. The molecule has 2 aliphatic heterocycles. The topological polar surface area (TPSA) is 230 Å². The van der Waals surface area contributed by atoms with Crippen molar-refractivity contribution in [3.63, 3.8) is 0 Å². The summed E-state index contributed by atoms with van der Waals surface area (Å²) in [6.45, 7) is 3.73. The highest BCUT2D eigenvalue weighted by atomic mass is 32.2. The van der Waals surface area contributed by atoms with E-state index in [9.17, 15) is 53.3 Å². The Morgan fingerprint density at radius 2 is 1.56 bits per heavy atom. The molecule has 2 aliphatic rings. The third-order valence-electron chi connectivity index (χ3n) is 8.21. The van der Waals surface area contributed by atoms with E-state index in [-0.39, 0.29) is 43.0 Å². The first-order valence-corrected chi connectivity index (χ1v) is 18.4. The molecule has 2 aromatic carbocycles. The molecule has 246 valence electrons. The number of nitrogens with zero attached hydrogens (tertiary/aromatic N) is 2. The fraction of sp³-hybridized carbons (Fsp3) is 0.481. The van der Waals surface area contributed by atoms with Crippen molar-refractivity contribution < 1.29 is 62.7 Å². The number of imide groups is 1. The van der Waals surface area contributed by atoms with Crippen LogP contribution >= 0.6 is 0 Å². The minimum Gasteiger partial charge on any atom is -0.330 e. The lowest BCUT2D eigenvalue weighted by Crippen LogP contribution is -2.32. The number of carbonyl (C=O) groups excluding carboxylic acids is 3. The Kier molecular flexibility index (Phi) is 9.59. The van der Waals surface area contributed by atoms with E-state index < -0.39 is 69.1 Å². The molecule has 4 rings (SSSR count). The molecule has 1 fully saturated rings. The molecule has 45 heavy (non-hydrogen) atoms. The molecular formula is C27H33N2O13S3+. The van der Waals surface area contributed by atoms with E-state index in [1.54, 1.807) is 17.6 Å². The van der Waals surface area contributed by atoms with Gasteiger partial charge >= 0.3 is 5.97 Å². The summed E-state index contributed by atoms with van der Waals surface area (Å²) >= 11 is 0. The fourth-order valence-corrected chi connectivity index (χ4v) is 7.75. The number of benzene rings is 2. The van der Waals surface area contributed by atoms with Crippen LogP contribution in [-0.2, 0) is 55.0 Å². The van der Waals surface area contributed by atoms with Crippen molar-refractivity contribution >= 4 is 70.3 Å². The minimum absolute atomic E-state index is 0.00351. The quantitative estimate of drug-likeness (QED) is 0.119. The Labute approximate surface area is 260 Å². The van der Waals surface area contributed by atoms with Crippen LogP contribution in [0, 0.1) is 0 Å². The molecule has 1 atom stereocenters. The van der Waals surface area contributed by atoms with E-state index in [1.807, 2.05) is 6.92 Å². The number of carbonyl (C=O) groups is 3. The molecule has 15 nitrogen and oxygen atoms in total. The molecule has 2 heterocycles. The monoisotopic (exact) mass is 689 g/mol. The zero-order valence-corrected chi connectivity index (χ0v) is 26.9. The Balaban J connectivity index is 1.68. The number of hydroxylamine groups is 2. The average molecular weight is 690 g/mol. The van der Waals surface area contributed by atoms with Crippen molar-refractivity contribution in [3.05, 3.63) is 29.8 Å². The third kappa shape index (κ3) is 7.41. The van der Waals surface area contributed by atoms with Gasteiger partial charge in [-0.1, -0.05) is 12.8 Å². The van der Waals surface area contributed by atoms with Gasteiger partial charge in [-0.3, -0.25) is 23.2 Å². The Morgan fingerprint density at radius 1 is 0.911 bits per heavy atom. The molecule has 3 N–H and O–H groups in total. The number of unbranched alkanes of at least 4 members (excludes halogenated alkanes) is 2. The van der Waals surface area contributed by atoms with Gasteiger partial charge in [0.1, 0.15) is 11.4 Å². The number of hydrogen-bond donors (Lipinski definition) is 3. The maximum Gasteiger partial charge on any atom is 0.333 e. The number of amides is 2. The van der Waals surface area contributed by atoms with E-state index in [2.05, 4.69) is 0 Å². The van der Waals surface area contributed by atoms with E-state index in [0.717, 1.165) is 6.07 Å². The molecule has 0 spiro atoms. The molecule has 0 saturated carbocycles. The molecule has 2 amide bonds. The van der Waals surface area contributed by atoms with Crippen LogP contribution < -0.4 is 0 Å². The van der Waals surface area contributed by atoms with Crippen LogP contribution in [0.25, 0.3) is 10.8 Å². The van der Waals surface area contributed by atoms with Crippen molar-refractivity contribution in [1.82, 2.24) is 5.06 Å². The highest BCUT2D eigenvalue weighted by Gasteiger charge is 2.47. The lowest BCUT2D eigenvalue weighted by Gasteiger charge is -2.24. The zero-order valence-electron chi connectivity index (χ0n) is 24.4. The predicted octanol–water partition coefficient (Wildman–Crippen LogP) is 2.55. The maximum atomic E-state index is 12.3. The van der Waals surface area contributed by atoms with Gasteiger partial charge in [0, 0.05) is 49.6 Å². The van der Waals surface area contributed by atoms with Gasteiger partial charge in [0.05, 0.1) is 16.1 Å². The molecule has 0 aromatic heterocycles. The van der Waals surface area contributed by atoms with Gasteiger partial charge in [0.25, 0.3) is 42.2 Å². The van der Waals surface area contributed by atoms with Crippen LogP contribution in [0.15, 0.2) is 34.1 Å². The standard InChI is InChI=1S/C27H32N2O13S3/c1-17-27(2,12-5-3-4-7-25(32)42-29-23(30)10-11-24(29)31)26-20-15-18(44(36,37)38)16-22(45(39,40)41)19(20)8-9-21(26)28(17)13-6-14-43(33,34)35/h8-9,15-16H,3-7,10-14H2,1-2H3,(H2-,33,34,35,36,37,38,39,40,41)/p+1. The summed E-state index contributed by atoms with van der Waals surface area (Å²) < 4.78 is 102. The number of rotatable bonds is 13. The van der Waals surface area contributed by atoms with E-state index in [1.165, 1.54) is 6.07 Å². The van der Waals surface area contributed by atoms with E-state index >= 15 is 0 Å². The van der Waals surface area contributed by atoms with Crippen LogP contribution in [0.2, 0.25) is 0 Å². The van der Waals surface area contributed by atoms with Gasteiger partial charge in [-0.25, -0.2) is 4.79 Å². The van der Waals surface area contributed by atoms with E-state index in [4.69, 9.17) is 4.84 Å². The summed E-state index contributed by atoms with van der Waals surface area (Å²) in [6.07, 6.45) is 1.58. The summed E-state index contributed by atoms with van der Waals surface area (Å²) in [6, 6.07) is 4.72. The predicted molar refractivity (Wildman–Crippen MR) is 158 cm³/mol. The van der Waals surface area contributed by atoms with Gasteiger partial charge in [0.2, 0.25) is 5.69 Å². The molecule has 1 saturated heterocycles. The lowest BCUT2D eigenvalue weighted by molar-refractivity contribution is -0.438. The van der Waals surface area contributed by atoms with Crippen LogP contribution in [0.5, 0.6) is 0 Å². The molecule has 18 heteroatoms. The van der Waals surface area contributed by atoms with E-state index in [0.29, 0.717) is 53.8 Å². The Morgan fingerprint density at radius 3 is 2.13 bits per heavy atom. The van der Waals surface area contributed by atoms with Gasteiger partial charge in [0.15, 0.2) is 5.71 Å². The van der Waals surface area contributed by atoms with Crippen molar-refractivity contribution in [2.24, 2.45) is 0 Å². The summed E-state index contributed by atoms with van der Waals surface area (Å²) in [5.74, 6) is -2.45. The molecule has 0 aliphatic carbocycles. The second kappa shape index (κ2) is 12.5. The van der Waals surface area contributed by atoms with Gasteiger partial charge in [-0.2, -0.15) is 29.8 Å². The first-order valence-electron chi connectivity index (χ1n) is 13.9. The SMILES string of the molecule is CC1=[N+](CCCS(=O)(=O)O)c2ccc3c(S(=O)(=O)O)cc(S(=O)(=O)O)cc3c2C1(C)CCCCCC(=O)ON1C(=O)CCC1=O. The first-order chi connectivity index (χ1) is 20.7. The van der Waals surface area contributed by atoms with Crippen molar-refractivity contribution in [2.45, 2.75) is 80.4 Å². The van der Waals surface area contributed by atoms with Crippen LogP contribution in [-0.4, -0.2) is 84.3 Å². The van der Waals surface area contributed by atoms with Gasteiger partial charge in [-0.15, -0.1) is 5.06 Å². The van der Waals surface area contributed by atoms with Crippen LogP contribution in [0.1, 0.15) is 70.8 Å². The highest BCUT2D eigenvalue weighted by molar-refractivity contribution is 7.87. The third-order valence-corrected chi connectivity index (χ3v) is 10.7. The van der Waals surface area contributed by atoms with Crippen molar-refractivity contribution in [3.8, 4) is 0 Å². The smallest absolute Gasteiger partial charge is 0.330 e.